The van der Waals surface area contributed by atoms with Gasteiger partial charge in [-0.25, -0.2) is 21.6 Å². The van der Waals surface area contributed by atoms with Gasteiger partial charge in [-0.2, -0.15) is 0 Å². The van der Waals surface area contributed by atoms with Crippen LogP contribution in [0, 0.1) is 17.5 Å². The van der Waals surface area contributed by atoms with E-state index in [4.69, 9.17) is 0 Å². The molecule has 0 unspecified atom stereocenters. The molecule has 0 atom stereocenters. The molecule has 0 fully saturated rings. The first-order valence-corrected chi connectivity index (χ1v) is 6.61. The van der Waals surface area contributed by atoms with Crippen LogP contribution in [0.25, 0.3) is 0 Å². The van der Waals surface area contributed by atoms with Crippen molar-refractivity contribution < 1.29 is 21.6 Å². The lowest BCUT2D eigenvalue weighted by atomic mass is 10.3. The number of sulfonamides is 1. The SMILES string of the molecule is O=S(=O)(Nc1ccccc1)c1c(F)cc(F)cc1F. The number of hydrogen-bond donors (Lipinski definition) is 1. The maximum absolute atomic E-state index is 13.4. The largest absolute Gasteiger partial charge is 0.279 e. The summed E-state index contributed by atoms with van der Waals surface area (Å²) in [5, 5.41) is 0. The van der Waals surface area contributed by atoms with Crippen LogP contribution in [-0.4, -0.2) is 8.42 Å². The standard InChI is InChI=1S/C12H8F3NO2S/c13-8-6-10(14)12(11(15)7-8)19(17,18)16-9-4-2-1-3-5-9/h1-7,16H. The molecule has 0 aliphatic carbocycles. The van der Waals surface area contributed by atoms with Gasteiger partial charge in [0.2, 0.25) is 0 Å². The first-order chi connectivity index (χ1) is 8.90. The van der Waals surface area contributed by atoms with Crippen LogP contribution in [0.2, 0.25) is 0 Å². The Balaban J connectivity index is 2.46. The molecule has 0 saturated carbocycles. The Morgan fingerprint density at radius 1 is 0.895 bits per heavy atom. The summed E-state index contributed by atoms with van der Waals surface area (Å²) < 4.78 is 65.2. The molecule has 2 aromatic rings. The van der Waals surface area contributed by atoms with Gasteiger partial charge in [-0.3, -0.25) is 4.72 Å². The summed E-state index contributed by atoms with van der Waals surface area (Å²) in [5.74, 6) is -4.16. The third kappa shape index (κ3) is 2.87. The molecule has 0 spiro atoms. The van der Waals surface area contributed by atoms with Crippen LogP contribution in [0.4, 0.5) is 18.9 Å². The number of nitrogens with one attached hydrogen (secondary N) is 1. The smallest absolute Gasteiger partial charge is 0.267 e. The number of rotatable bonds is 3. The number of para-hydroxylation sites is 1. The van der Waals surface area contributed by atoms with Gasteiger partial charge in [-0.15, -0.1) is 0 Å². The van der Waals surface area contributed by atoms with Crippen molar-refractivity contribution in [3.05, 3.63) is 59.9 Å². The second-order valence-electron chi connectivity index (χ2n) is 3.67. The first kappa shape index (κ1) is 13.4. The van der Waals surface area contributed by atoms with Crippen molar-refractivity contribution in [1.29, 1.82) is 0 Å². The van der Waals surface area contributed by atoms with Gasteiger partial charge in [0.25, 0.3) is 10.0 Å². The summed E-state index contributed by atoms with van der Waals surface area (Å²) in [6.07, 6.45) is 0. The molecular weight excluding hydrogens is 279 g/mol. The highest BCUT2D eigenvalue weighted by atomic mass is 32.2. The minimum atomic E-state index is -4.46. The highest BCUT2D eigenvalue weighted by molar-refractivity contribution is 7.92. The molecule has 0 heterocycles. The van der Waals surface area contributed by atoms with Crippen LogP contribution < -0.4 is 4.72 Å². The predicted octanol–water partition coefficient (Wildman–Crippen LogP) is 2.90. The van der Waals surface area contributed by atoms with Crippen LogP contribution in [0.5, 0.6) is 0 Å². The zero-order chi connectivity index (χ0) is 14.0. The van der Waals surface area contributed by atoms with E-state index < -0.39 is 32.4 Å². The molecule has 2 rings (SSSR count). The Kier molecular flexibility index (Phi) is 3.48. The van der Waals surface area contributed by atoms with E-state index in [1.54, 1.807) is 18.2 Å². The minimum Gasteiger partial charge on any atom is -0.279 e. The van der Waals surface area contributed by atoms with Crippen LogP contribution in [0.3, 0.4) is 0 Å². The maximum Gasteiger partial charge on any atom is 0.267 e. The molecule has 7 heteroatoms. The lowest BCUT2D eigenvalue weighted by Crippen LogP contribution is -2.16. The molecule has 100 valence electrons. The molecular formula is C12H8F3NO2S. The second kappa shape index (κ2) is 4.93. The molecule has 1 N–H and O–H groups in total. The van der Waals surface area contributed by atoms with Crippen molar-refractivity contribution in [2.75, 3.05) is 4.72 Å². The fourth-order valence-corrected chi connectivity index (χ4v) is 2.68. The average molecular weight is 287 g/mol. The van der Waals surface area contributed by atoms with E-state index in [0.717, 1.165) is 0 Å². The van der Waals surface area contributed by atoms with Crippen LogP contribution in [0.15, 0.2) is 47.4 Å². The van der Waals surface area contributed by atoms with Crippen LogP contribution in [0.1, 0.15) is 0 Å². The van der Waals surface area contributed by atoms with E-state index in [-0.39, 0.29) is 5.69 Å². The maximum atomic E-state index is 13.4. The van der Waals surface area contributed by atoms with Crippen molar-refractivity contribution in [3.8, 4) is 0 Å². The fourth-order valence-electron chi connectivity index (χ4n) is 1.50. The normalized spacial score (nSPS) is 11.3. The quantitative estimate of drug-likeness (QED) is 0.943. The second-order valence-corrected chi connectivity index (χ2v) is 5.29. The van der Waals surface area contributed by atoms with E-state index in [2.05, 4.69) is 0 Å². The molecule has 0 bridgehead atoms. The number of anilines is 1. The molecule has 0 amide bonds. The number of benzene rings is 2. The van der Waals surface area contributed by atoms with E-state index >= 15 is 0 Å². The average Bonchev–Trinajstić information content (AvgIpc) is 2.27. The van der Waals surface area contributed by atoms with Crippen LogP contribution >= 0.6 is 0 Å². The van der Waals surface area contributed by atoms with Crippen LogP contribution in [-0.2, 0) is 10.0 Å². The van der Waals surface area contributed by atoms with Gasteiger partial charge >= 0.3 is 0 Å². The lowest BCUT2D eigenvalue weighted by Gasteiger charge is -2.09. The predicted molar refractivity (Wildman–Crippen MR) is 63.6 cm³/mol. The van der Waals surface area contributed by atoms with Crippen molar-refractivity contribution in [1.82, 2.24) is 0 Å². The fraction of sp³-hybridized carbons (Fsp3) is 0. The van der Waals surface area contributed by atoms with Gasteiger partial charge < -0.3 is 0 Å². The Morgan fingerprint density at radius 2 is 1.42 bits per heavy atom. The van der Waals surface area contributed by atoms with E-state index in [1.165, 1.54) is 12.1 Å². The summed E-state index contributed by atoms with van der Waals surface area (Å²) >= 11 is 0. The monoisotopic (exact) mass is 287 g/mol. The third-order valence-electron chi connectivity index (χ3n) is 2.26. The zero-order valence-corrected chi connectivity index (χ0v) is 10.2. The van der Waals surface area contributed by atoms with Gasteiger partial charge in [0.05, 0.1) is 0 Å². The first-order valence-electron chi connectivity index (χ1n) is 5.12. The molecule has 0 radical (unpaired) electrons. The van der Waals surface area contributed by atoms with Crippen molar-refractivity contribution in [2.24, 2.45) is 0 Å². The van der Waals surface area contributed by atoms with Gasteiger partial charge in [-0.05, 0) is 12.1 Å². The van der Waals surface area contributed by atoms with E-state index in [1.807, 2.05) is 4.72 Å². The van der Waals surface area contributed by atoms with Gasteiger partial charge in [0, 0.05) is 17.8 Å². The van der Waals surface area contributed by atoms with Crippen molar-refractivity contribution in [3.63, 3.8) is 0 Å². The van der Waals surface area contributed by atoms with Gasteiger partial charge in [0.15, 0.2) is 4.90 Å². The molecule has 0 aromatic heterocycles. The molecule has 0 aliphatic rings. The third-order valence-corrected chi connectivity index (χ3v) is 3.69. The van der Waals surface area contributed by atoms with Crippen molar-refractivity contribution in [2.45, 2.75) is 4.90 Å². The highest BCUT2D eigenvalue weighted by Gasteiger charge is 2.25. The summed E-state index contributed by atoms with van der Waals surface area (Å²) in [4.78, 5) is -1.21. The topological polar surface area (TPSA) is 46.2 Å². The summed E-state index contributed by atoms with van der Waals surface area (Å²) in [6, 6.07) is 8.19. The number of halogens is 3. The van der Waals surface area contributed by atoms with Gasteiger partial charge in [-0.1, -0.05) is 18.2 Å². The van der Waals surface area contributed by atoms with E-state index in [9.17, 15) is 21.6 Å². The summed E-state index contributed by atoms with van der Waals surface area (Å²) in [5.41, 5.74) is 0.144. The Bertz CT molecular complexity index is 679. The van der Waals surface area contributed by atoms with E-state index in [0.29, 0.717) is 12.1 Å². The summed E-state index contributed by atoms with van der Waals surface area (Å²) in [7, 11) is -4.46. The molecule has 2 aromatic carbocycles. The Labute approximate surface area is 107 Å². The number of hydrogen-bond acceptors (Lipinski definition) is 2. The Hall–Kier alpha value is -2.02. The van der Waals surface area contributed by atoms with Gasteiger partial charge in [0.1, 0.15) is 17.5 Å². The minimum absolute atomic E-state index is 0.144. The highest BCUT2D eigenvalue weighted by Crippen LogP contribution is 2.22. The Morgan fingerprint density at radius 3 is 1.95 bits per heavy atom. The summed E-state index contributed by atoms with van der Waals surface area (Å²) in [6.45, 7) is 0. The molecule has 0 saturated heterocycles. The molecule has 3 nitrogen and oxygen atoms in total. The zero-order valence-electron chi connectivity index (χ0n) is 9.40. The molecule has 0 aliphatic heterocycles. The molecule has 19 heavy (non-hydrogen) atoms. The van der Waals surface area contributed by atoms with Crippen molar-refractivity contribution >= 4 is 15.7 Å². The lowest BCUT2D eigenvalue weighted by molar-refractivity contribution is 0.498.